The van der Waals surface area contributed by atoms with Crippen LogP contribution in [0.3, 0.4) is 0 Å². The van der Waals surface area contributed by atoms with Crippen molar-refractivity contribution >= 4 is 6.02 Å². The van der Waals surface area contributed by atoms with Gasteiger partial charge in [0, 0.05) is 41.9 Å². The minimum absolute atomic E-state index is 0.0506. The summed E-state index contributed by atoms with van der Waals surface area (Å²) in [5.74, 6) is -1.31. The molecule has 2 aliphatic rings. The quantitative estimate of drug-likeness (QED) is 0.612. The van der Waals surface area contributed by atoms with Crippen molar-refractivity contribution in [2.75, 3.05) is 6.54 Å². The summed E-state index contributed by atoms with van der Waals surface area (Å²) in [6.07, 6.45) is 1.70. The maximum Gasteiger partial charge on any atom is 0.283 e. The molecule has 1 spiro atoms. The normalized spacial score (nSPS) is 19.6. The third-order valence-corrected chi connectivity index (χ3v) is 5.17. The molecule has 0 amide bonds. The Bertz CT molecular complexity index is 1180. The maximum atomic E-state index is 14.6. The topological polar surface area (TPSA) is 90.0 Å². The molecule has 8 heteroatoms. The van der Waals surface area contributed by atoms with Crippen molar-refractivity contribution in [3.05, 3.63) is 71.6 Å². The number of pyridine rings is 1. The van der Waals surface area contributed by atoms with Crippen LogP contribution in [-0.2, 0) is 10.3 Å². The van der Waals surface area contributed by atoms with Crippen molar-refractivity contribution in [2.24, 2.45) is 10.7 Å². The van der Waals surface area contributed by atoms with Gasteiger partial charge in [-0.3, -0.25) is 0 Å². The molecule has 146 valence electrons. The van der Waals surface area contributed by atoms with E-state index in [0.717, 1.165) is 6.07 Å². The Hall–Kier alpha value is -3.68. The summed E-state index contributed by atoms with van der Waals surface area (Å²) >= 11 is 0. The van der Waals surface area contributed by atoms with Gasteiger partial charge in [-0.15, -0.1) is 0 Å². The van der Waals surface area contributed by atoms with Crippen molar-refractivity contribution in [1.82, 2.24) is 4.98 Å². The van der Waals surface area contributed by atoms with Crippen LogP contribution in [0.25, 0.3) is 11.1 Å². The first-order valence-electron chi connectivity index (χ1n) is 8.93. The van der Waals surface area contributed by atoms with E-state index < -0.39 is 17.4 Å². The van der Waals surface area contributed by atoms with E-state index >= 15 is 0 Å². The minimum atomic E-state index is -1.23. The van der Waals surface area contributed by atoms with Gasteiger partial charge < -0.3 is 20.3 Å². The molecular weight excluding hydrogens is 380 g/mol. The number of phenols is 1. The second-order valence-corrected chi connectivity index (χ2v) is 6.86. The number of halogens is 2. The lowest BCUT2D eigenvalue weighted by Crippen LogP contribution is -2.42. The number of aromatic nitrogens is 1. The number of ether oxygens (including phenoxy) is 2. The molecule has 0 saturated carbocycles. The molecule has 0 radical (unpaired) electrons. The molecule has 3 aromatic rings. The zero-order valence-corrected chi connectivity index (χ0v) is 15.0. The molecule has 1 atom stereocenters. The van der Waals surface area contributed by atoms with E-state index in [1.807, 2.05) is 0 Å². The number of nitrogens with two attached hydrogens (primary N) is 1. The predicted octanol–water partition coefficient (Wildman–Crippen LogP) is 3.82. The van der Waals surface area contributed by atoms with Crippen LogP contribution in [-0.4, -0.2) is 22.7 Å². The molecule has 3 heterocycles. The number of fused-ring (bicyclic) bond motifs is 4. The molecule has 0 fully saturated rings. The Balaban J connectivity index is 1.77. The van der Waals surface area contributed by atoms with Crippen molar-refractivity contribution in [2.45, 2.75) is 12.0 Å². The summed E-state index contributed by atoms with van der Waals surface area (Å²) < 4.78 is 40.6. The predicted molar refractivity (Wildman–Crippen MR) is 101 cm³/mol. The van der Waals surface area contributed by atoms with Crippen molar-refractivity contribution in [3.8, 4) is 28.4 Å². The smallest absolute Gasteiger partial charge is 0.283 e. The van der Waals surface area contributed by atoms with E-state index in [0.29, 0.717) is 41.0 Å². The highest BCUT2D eigenvalue weighted by Gasteiger charge is 2.47. The van der Waals surface area contributed by atoms with Crippen molar-refractivity contribution < 1.29 is 23.4 Å². The summed E-state index contributed by atoms with van der Waals surface area (Å²) in [5.41, 5.74) is 6.31. The molecule has 1 unspecified atom stereocenters. The zero-order chi connectivity index (χ0) is 20.2. The highest BCUT2D eigenvalue weighted by atomic mass is 19.1. The van der Waals surface area contributed by atoms with E-state index in [2.05, 4.69) is 9.98 Å². The lowest BCUT2D eigenvalue weighted by molar-refractivity contribution is 0.0624. The van der Waals surface area contributed by atoms with Crippen LogP contribution in [0.15, 0.2) is 53.7 Å². The Morgan fingerprint density at radius 2 is 1.97 bits per heavy atom. The number of amidine groups is 1. The van der Waals surface area contributed by atoms with Gasteiger partial charge in [0.15, 0.2) is 17.2 Å². The van der Waals surface area contributed by atoms with Gasteiger partial charge in [-0.2, -0.15) is 4.39 Å². The van der Waals surface area contributed by atoms with Crippen LogP contribution in [0.1, 0.15) is 17.5 Å². The number of hydrogen-bond acceptors (Lipinski definition) is 6. The number of aliphatic imine (C=N–C) groups is 1. The molecule has 1 aromatic heterocycles. The molecule has 0 saturated heterocycles. The molecule has 3 N–H and O–H groups in total. The first-order valence-corrected chi connectivity index (χ1v) is 8.93. The summed E-state index contributed by atoms with van der Waals surface area (Å²) in [6.45, 7) is 0.327. The van der Waals surface area contributed by atoms with Gasteiger partial charge in [-0.25, -0.2) is 14.4 Å². The molecule has 2 aromatic carbocycles. The Morgan fingerprint density at radius 1 is 1.10 bits per heavy atom. The maximum absolute atomic E-state index is 14.6. The van der Waals surface area contributed by atoms with E-state index in [-0.39, 0.29) is 17.5 Å². The minimum Gasteiger partial charge on any atom is -0.508 e. The number of rotatable bonds is 1. The fraction of sp³-hybridized carbons (Fsp3) is 0.143. The number of nitrogens with zero attached hydrogens (tertiary/aromatic N) is 2. The highest BCUT2D eigenvalue weighted by molar-refractivity contribution is 5.76. The van der Waals surface area contributed by atoms with Gasteiger partial charge in [0.25, 0.3) is 6.02 Å². The van der Waals surface area contributed by atoms with Crippen molar-refractivity contribution in [3.63, 3.8) is 0 Å². The summed E-state index contributed by atoms with van der Waals surface area (Å²) in [5, 5.41) is 10.00. The van der Waals surface area contributed by atoms with E-state index in [4.69, 9.17) is 15.2 Å². The molecular formula is C21H15F2N3O3. The first-order chi connectivity index (χ1) is 14.0. The fourth-order valence-corrected chi connectivity index (χ4v) is 3.91. The van der Waals surface area contributed by atoms with Crippen LogP contribution in [0.4, 0.5) is 8.78 Å². The molecule has 0 aliphatic carbocycles. The van der Waals surface area contributed by atoms with Gasteiger partial charge in [0.05, 0.1) is 0 Å². The molecule has 0 bridgehead atoms. The van der Waals surface area contributed by atoms with Gasteiger partial charge in [0.2, 0.25) is 5.95 Å². The zero-order valence-electron chi connectivity index (χ0n) is 15.0. The largest absolute Gasteiger partial charge is 0.508 e. The van der Waals surface area contributed by atoms with E-state index in [9.17, 15) is 13.9 Å². The summed E-state index contributed by atoms with van der Waals surface area (Å²) in [6, 6.07) is 10.5. The fourth-order valence-electron chi connectivity index (χ4n) is 3.91. The number of phenolic OH excluding ortho intramolecular Hbond substituents is 1. The average Bonchev–Trinajstić information content (AvgIpc) is 2.70. The van der Waals surface area contributed by atoms with Crippen LogP contribution < -0.4 is 10.5 Å². The third-order valence-electron chi connectivity index (χ3n) is 5.17. The first kappa shape index (κ1) is 17.4. The molecule has 2 aliphatic heterocycles. The molecule has 6 nitrogen and oxygen atoms in total. The van der Waals surface area contributed by atoms with Gasteiger partial charge in [0.1, 0.15) is 11.5 Å². The lowest BCUT2D eigenvalue weighted by atomic mass is 9.79. The van der Waals surface area contributed by atoms with E-state index in [1.54, 1.807) is 30.3 Å². The summed E-state index contributed by atoms with van der Waals surface area (Å²) in [4.78, 5) is 7.76. The Kier molecular flexibility index (Phi) is 3.70. The SMILES string of the molecule is NC1=NCCC2(O1)c1cc(-c3cccnc3F)ccc1Oc1c(F)cc(O)cc12. The Labute approximate surface area is 164 Å². The van der Waals surface area contributed by atoms with E-state index in [1.165, 1.54) is 12.3 Å². The van der Waals surface area contributed by atoms with Crippen molar-refractivity contribution in [1.29, 1.82) is 0 Å². The second kappa shape index (κ2) is 6.16. The highest BCUT2D eigenvalue weighted by Crippen LogP contribution is 2.54. The van der Waals surface area contributed by atoms with Crippen LogP contribution in [0.5, 0.6) is 17.2 Å². The number of aromatic hydroxyl groups is 1. The van der Waals surface area contributed by atoms with Gasteiger partial charge in [-0.05, 0) is 35.9 Å². The Morgan fingerprint density at radius 3 is 2.76 bits per heavy atom. The summed E-state index contributed by atoms with van der Waals surface area (Å²) in [7, 11) is 0. The standard InChI is InChI=1S/C21H15F2N3O3/c22-16-10-12(27)9-15-18(16)28-17-4-3-11(13-2-1-6-25-19(13)23)8-14(17)21(15)5-7-26-20(24)29-21/h1-4,6,8-10,27H,5,7H2,(H2,24,26). The van der Waals surface area contributed by atoms with Crippen LogP contribution in [0.2, 0.25) is 0 Å². The van der Waals surface area contributed by atoms with Gasteiger partial charge in [-0.1, -0.05) is 6.07 Å². The van der Waals surface area contributed by atoms with Crippen LogP contribution in [0, 0.1) is 11.8 Å². The average molecular weight is 395 g/mol. The van der Waals surface area contributed by atoms with Crippen LogP contribution >= 0.6 is 0 Å². The molecule has 5 rings (SSSR count). The number of hydrogen-bond donors (Lipinski definition) is 2. The lowest BCUT2D eigenvalue weighted by Gasteiger charge is -2.41. The number of benzene rings is 2. The molecule has 29 heavy (non-hydrogen) atoms. The van der Waals surface area contributed by atoms with Gasteiger partial charge >= 0.3 is 0 Å². The third kappa shape index (κ3) is 2.60. The monoisotopic (exact) mass is 395 g/mol. The second-order valence-electron chi connectivity index (χ2n) is 6.86.